The van der Waals surface area contributed by atoms with Crippen molar-refractivity contribution in [2.24, 2.45) is 33.7 Å². The molecule has 2 rings (SSSR count). The normalized spacial score (nSPS) is 39.9. The molecule has 6 unspecified atom stereocenters. The smallest absolute Gasteiger partial charge is 0.211 e. The number of hydrogen-bond donors (Lipinski definition) is 0. The lowest BCUT2D eigenvalue weighted by Gasteiger charge is -2.40. The molecule has 2 saturated carbocycles. The predicted molar refractivity (Wildman–Crippen MR) is 81.4 cm³/mol. The molecule has 2 aliphatic rings. The van der Waals surface area contributed by atoms with Gasteiger partial charge in [0.2, 0.25) is 12.2 Å². The van der Waals surface area contributed by atoms with Gasteiger partial charge in [0.1, 0.15) is 0 Å². The minimum atomic E-state index is -0.193. The summed E-state index contributed by atoms with van der Waals surface area (Å²) in [6.07, 6.45) is 11.8. The number of rotatable bonds is 4. The molecular weight excluding hydrogens is 264 g/mol. The number of isocyanates is 2. The number of carbonyl (C=O) groups excluding carboxylic acids is 2. The first kappa shape index (κ1) is 16.1. The number of hydrogen-bond acceptors (Lipinski definition) is 4. The molecule has 0 heterocycles. The van der Waals surface area contributed by atoms with Gasteiger partial charge in [0.25, 0.3) is 0 Å². The lowest BCUT2D eigenvalue weighted by Crippen LogP contribution is -2.40. The zero-order chi connectivity index (χ0) is 15.2. The first-order chi connectivity index (χ1) is 10.2. The molecule has 0 N–H and O–H groups in total. The van der Waals surface area contributed by atoms with Gasteiger partial charge in [0, 0.05) is 0 Å². The first-order valence-electron chi connectivity index (χ1n) is 8.31. The summed E-state index contributed by atoms with van der Waals surface area (Å²) in [6.45, 7) is 4.52. The summed E-state index contributed by atoms with van der Waals surface area (Å²) in [5.41, 5.74) is 0. The van der Waals surface area contributed by atoms with Crippen LogP contribution >= 0.6 is 0 Å². The Morgan fingerprint density at radius 2 is 1.62 bits per heavy atom. The van der Waals surface area contributed by atoms with Gasteiger partial charge in [-0.1, -0.05) is 39.5 Å². The summed E-state index contributed by atoms with van der Waals surface area (Å²) in [5, 5.41) is 0. The van der Waals surface area contributed by atoms with Gasteiger partial charge in [-0.05, 0) is 42.9 Å². The van der Waals surface area contributed by atoms with Gasteiger partial charge < -0.3 is 0 Å². The summed E-state index contributed by atoms with van der Waals surface area (Å²) >= 11 is 0. The summed E-state index contributed by atoms with van der Waals surface area (Å²) < 4.78 is 0. The molecule has 0 aliphatic heterocycles. The van der Waals surface area contributed by atoms with Crippen LogP contribution in [0.4, 0.5) is 0 Å². The van der Waals surface area contributed by atoms with Crippen LogP contribution in [0.25, 0.3) is 0 Å². The van der Waals surface area contributed by atoms with Crippen molar-refractivity contribution in [2.45, 2.75) is 70.9 Å². The highest BCUT2D eigenvalue weighted by molar-refractivity contribution is 5.36. The van der Waals surface area contributed by atoms with Gasteiger partial charge in [-0.3, -0.25) is 0 Å². The molecular formula is C17H26N2O2. The zero-order valence-corrected chi connectivity index (χ0v) is 13.1. The van der Waals surface area contributed by atoms with Crippen molar-refractivity contribution in [1.29, 1.82) is 0 Å². The summed E-state index contributed by atoms with van der Waals surface area (Å²) in [5.74, 6) is 2.48. The van der Waals surface area contributed by atoms with E-state index in [9.17, 15) is 9.59 Å². The molecule has 2 fully saturated rings. The third-order valence-corrected chi connectivity index (χ3v) is 5.82. The minimum Gasteiger partial charge on any atom is -0.211 e. The van der Waals surface area contributed by atoms with E-state index in [-0.39, 0.29) is 18.0 Å². The fraction of sp³-hybridized carbons (Fsp3) is 0.882. The highest BCUT2D eigenvalue weighted by Gasteiger charge is 2.38. The van der Waals surface area contributed by atoms with E-state index in [4.69, 9.17) is 0 Å². The van der Waals surface area contributed by atoms with E-state index < -0.39 is 0 Å². The van der Waals surface area contributed by atoms with Crippen LogP contribution in [0, 0.1) is 23.7 Å². The van der Waals surface area contributed by atoms with Crippen LogP contribution in [-0.4, -0.2) is 24.2 Å². The van der Waals surface area contributed by atoms with Gasteiger partial charge >= 0.3 is 0 Å². The van der Waals surface area contributed by atoms with Crippen molar-refractivity contribution in [3.63, 3.8) is 0 Å². The van der Waals surface area contributed by atoms with Crippen molar-refractivity contribution in [1.82, 2.24) is 0 Å². The van der Waals surface area contributed by atoms with E-state index >= 15 is 0 Å². The standard InChI is InChI=1S/C17H26N2O2/c1-12-5-3-4-6-14(12)9-15-7-8-16(18-10-20)17(13(15)2)19-11-21/h12-17H,3-9H2,1-2H3. The van der Waals surface area contributed by atoms with E-state index in [0.717, 1.165) is 24.7 Å². The highest BCUT2D eigenvalue weighted by atomic mass is 16.1. The average molecular weight is 290 g/mol. The van der Waals surface area contributed by atoms with Crippen molar-refractivity contribution in [2.75, 3.05) is 0 Å². The van der Waals surface area contributed by atoms with E-state index in [1.807, 2.05) is 0 Å². The maximum atomic E-state index is 10.7. The molecule has 2 aliphatic carbocycles. The molecule has 116 valence electrons. The van der Waals surface area contributed by atoms with Crippen LogP contribution in [0.15, 0.2) is 9.98 Å². The van der Waals surface area contributed by atoms with Crippen LogP contribution in [0.5, 0.6) is 0 Å². The summed E-state index contributed by atoms with van der Waals surface area (Å²) in [6, 6.07) is -0.374. The van der Waals surface area contributed by atoms with Crippen molar-refractivity contribution >= 4 is 12.2 Å². The molecule has 4 heteroatoms. The Kier molecular flexibility index (Phi) is 5.90. The molecule has 21 heavy (non-hydrogen) atoms. The van der Waals surface area contributed by atoms with Crippen molar-refractivity contribution in [3.8, 4) is 0 Å². The molecule has 0 aromatic heterocycles. The predicted octanol–water partition coefficient (Wildman–Crippen LogP) is 3.66. The Balaban J connectivity index is 2.04. The van der Waals surface area contributed by atoms with E-state index in [1.165, 1.54) is 32.1 Å². The van der Waals surface area contributed by atoms with Crippen molar-refractivity contribution < 1.29 is 9.59 Å². The molecule has 6 atom stereocenters. The molecule has 0 amide bonds. The second-order valence-corrected chi connectivity index (χ2v) is 6.95. The lowest BCUT2D eigenvalue weighted by atomic mass is 9.67. The number of nitrogens with zero attached hydrogens (tertiary/aromatic N) is 2. The Bertz CT molecular complexity index is 438. The lowest BCUT2D eigenvalue weighted by molar-refractivity contribution is 0.132. The summed E-state index contributed by atoms with van der Waals surface area (Å²) in [7, 11) is 0. The molecule has 0 aromatic rings. The maximum Gasteiger partial charge on any atom is 0.235 e. The van der Waals surface area contributed by atoms with Crippen LogP contribution in [0.1, 0.15) is 58.8 Å². The Morgan fingerprint density at radius 3 is 2.29 bits per heavy atom. The fourth-order valence-corrected chi connectivity index (χ4v) is 4.39. The van der Waals surface area contributed by atoms with Gasteiger partial charge in [-0.2, -0.15) is 4.99 Å². The summed E-state index contributed by atoms with van der Waals surface area (Å²) in [4.78, 5) is 29.0. The third-order valence-electron chi connectivity index (χ3n) is 5.82. The molecule has 0 saturated heterocycles. The monoisotopic (exact) mass is 290 g/mol. The van der Waals surface area contributed by atoms with Gasteiger partial charge in [-0.15, -0.1) is 0 Å². The Morgan fingerprint density at radius 1 is 0.905 bits per heavy atom. The topological polar surface area (TPSA) is 58.9 Å². The van der Waals surface area contributed by atoms with Crippen LogP contribution in [0.3, 0.4) is 0 Å². The molecule has 4 nitrogen and oxygen atoms in total. The third kappa shape index (κ3) is 3.90. The highest BCUT2D eigenvalue weighted by Crippen LogP contribution is 2.41. The maximum absolute atomic E-state index is 10.7. The largest absolute Gasteiger partial charge is 0.235 e. The van der Waals surface area contributed by atoms with Gasteiger partial charge in [-0.25, -0.2) is 14.6 Å². The number of aliphatic imine (C=N–C) groups is 2. The Hall–Kier alpha value is -1.24. The van der Waals surface area contributed by atoms with E-state index in [2.05, 4.69) is 23.8 Å². The van der Waals surface area contributed by atoms with Crippen LogP contribution < -0.4 is 0 Å². The van der Waals surface area contributed by atoms with E-state index in [0.29, 0.717) is 5.92 Å². The Labute approximate surface area is 127 Å². The fourth-order valence-electron chi connectivity index (χ4n) is 4.39. The molecule has 0 bridgehead atoms. The first-order valence-corrected chi connectivity index (χ1v) is 8.31. The van der Waals surface area contributed by atoms with Crippen molar-refractivity contribution in [3.05, 3.63) is 0 Å². The van der Waals surface area contributed by atoms with E-state index in [1.54, 1.807) is 12.2 Å². The zero-order valence-electron chi connectivity index (χ0n) is 13.1. The molecule has 0 spiro atoms. The quantitative estimate of drug-likeness (QED) is 0.586. The van der Waals surface area contributed by atoms with Gasteiger partial charge in [0.05, 0.1) is 12.1 Å². The SMILES string of the molecule is CC1CCCCC1CC1CCC(N=C=O)C(N=C=O)C1C. The molecule has 0 aromatic carbocycles. The second-order valence-electron chi connectivity index (χ2n) is 6.95. The second kappa shape index (κ2) is 7.68. The average Bonchev–Trinajstić information content (AvgIpc) is 2.48. The molecule has 0 radical (unpaired) electrons. The van der Waals surface area contributed by atoms with Crippen LogP contribution in [0.2, 0.25) is 0 Å². The van der Waals surface area contributed by atoms with Gasteiger partial charge in [0.15, 0.2) is 0 Å². The van der Waals surface area contributed by atoms with Crippen LogP contribution in [-0.2, 0) is 9.59 Å². The minimum absolute atomic E-state index is 0.182.